The van der Waals surface area contributed by atoms with Crippen molar-refractivity contribution in [3.63, 3.8) is 0 Å². The summed E-state index contributed by atoms with van der Waals surface area (Å²) < 4.78 is 10.1. The molecule has 0 saturated carbocycles. The van der Waals surface area contributed by atoms with Gasteiger partial charge in [0.25, 0.3) is 5.91 Å². The highest BCUT2D eigenvalue weighted by molar-refractivity contribution is 5.77. The zero-order valence-electron chi connectivity index (χ0n) is 12.4. The minimum atomic E-state index is -0.559. The van der Waals surface area contributed by atoms with E-state index in [1.54, 1.807) is 24.4 Å². The van der Waals surface area contributed by atoms with Crippen LogP contribution in [0.15, 0.2) is 42.6 Å². The van der Waals surface area contributed by atoms with E-state index in [-0.39, 0.29) is 30.5 Å². The van der Waals surface area contributed by atoms with Crippen LogP contribution in [0.3, 0.4) is 0 Å². The topological polar surface area (TPSA) is 104 Å². The quantitative estimate of drug-likeness (QED) is 0.615. The van der Waals surface area contributed by atoms with E-state index >= 15 is 0 Å². The fourth-order valence-electron chi connectivity index (χ4n) is 1.76. The number of pyridine rings is 1. The van der Waals surface area contributed by atoms with Gasteiger partial charge in [0.15, 0.2) is 12.4 Å². The second kappa shape index (κ2) is 7.74. The van der Waals surface area contributed by atoms with Gasteiger partial charge in [-0.25, -0.2) is 4.98 Å². The molecule has 0 aliphatic carbocycles. The second-order valence-corrected chi connectivity index (χ2v) is 4.50. The number of methoxy groups -OCH3 is 1. The number of para-hydroxylation sites is 2. The highest BCUT2D eigenvalue weighted by Crippen LogP contribution is 2.25. The summed E-state index contributed by atoms with van der Waals surface area (Å²) in [4.78, 5) is 26.0. The highest BCUT2D eigenvalue weighted by Gasteiger charge is 2.14. The van der Waals surface area contributed by atoms with E-state index in [1.807, 2.05) is 0 Å². The lowest BCUT2D eigenvalue weighted by Gasteiger charge is -2.08. The summed E-state index contributed by atoms with van der Waals surface area (Å²) in [7, 11) is 1.52. The van der Waals surface area contributed by atoms with Gasteiger partial charge in [0, 0.05) is 24.9 Å². The maximum Gasteiger partial charge on any atom is 0.310 e. The number of aromatic nitrogens is 1. The Bertz CT molecular complexity index is 688. The van der Waals surface area contributed by atoms with Crippen LogP contribution < -0.4 is 14.8 Å². The molecular weight excluding hydrogens is 302 g/mol. The number of rotatable bonds is 7. The molecule has 2 aromatic rings. The van der Waals surface area contributed by atoms with E-state index in [0.717, 1.165) is 5.56 Å². The van der Waals surface area contributed by atoms with Crippen molar-refractivity contribution in [1.29, 1.82) is 0 Å². The monoisotopic (exact) mass is 317 g/mol. The van der Waals surface area contributed by atoms with Crippen molar-refractivity contribution in [2.45, 2.75) is 6.54 Å². The van der Waals surface area contributed by atoms with Gasteiger partial charge in [-0.05, 0) is 11.6 Å². The smallest absolute Gasteiger partial charge is 0.310 e. The number of hydrogen-bond donors (Lipinski definition) is 1. The predicted octanol–water partition coefficient (Wildman–Crippen LogP) is 1.69. The van der Waals surface area contributed by atoms with Crippen molar-refractivity contribution < 1.29 is 19.2 Å². The molecule has 8 nitrogen and oxygen atoms in total. The molecule has 0 radical (unpaired) electrons. The van der Waals surface area contributed by atoms with E-state index in [4.69, 9.17) is 9.47 Å². The molecule has 1 aromatic heterocycles. The predicted molar refractivity (Wildman–Crippen MR) is 81.2 cm³/mol. The number of nitrogens with one attached hydrogen (secondary N) is 1. The molecule has 23 heavy (non-hydrogen) atoms. The van der Waals surface area contributed by atoms with Gasteiger partial charge in [0.05, 0.1) is 12.0 Å². The number of carbonyl (C=O) groups is 1. The number of carbonyl (C=O) groups excluding carboxylic acids is 1. The summed E-state index contributed by atoms with van der Waals surface area (Å²) in [5.74, 6) is 0.150. The average molecular weight is 317 g/mol. The third-order valence-electron chi connectivity index (χ3n) is 2.92. The molecule has 1 aromatic carbocycles. The zero-order valence-corrected chi connectivity index (χ0v) is 12.4. The Kier molecular flexibility index (Phi) is 5.45. The van der Waals surface area contributed by atoms with Crippen LogP contribution in [0.2, 0.25) is 0 Å². The third kappa shape index (κ3) is 4.67. The SMILES string of the molecule is COc1ccc(CNC(=O)COc2ccccc2[N+](=O)[O-])cn1. The van der Waals surface area contributed by atoms with Gasteiger partial charge in [-0.3, -0.25) is 14.9 Å². The van der Waals surface area contributed by atoms with Crippen LogP contribution in [-0.4, -0.2) is 29.5 Å². The third-order valence-corrected chi connectivity index (χ3v) is 2.92. The van der Waals surface area contributed by atoms with Crippen molar-refractivity contribution in [3.05, 3.63) is 58.3 Å². The van der Waals surface area contributed by atoms with Crippen molar-refractivity contribution in [1.82, 2.24) is 10.3 Å². The van der Waals surface area contributed by atoms with Gasteiger partial charge >= 0.3 is 5.69 Å². The van der Waals surface area contributed by atoms with Gasteiger partial charge in [0.1, 0.15) is 0 Å². The van der Waals surface area contributed by atoms with Gasteiger partial charge in [0.2, 0.25) is 5.88 Å². The number of nitrogens with zero attached hydrogens (tertiary/aromatic N) is 2. The first-order valence-electron chi connectivity index (χ1n) is 6.72. The molecule has 0 aliphatic heterocycles. The molecule has 120 valence electrons. The molecule has 8 heteroatoms. The molecule has 0 unspecified atom stereocenters. The Morgan fingerprint density at radius 2 is 2.09 bits per heavy atom. The first kappa shape index (κ1) is 16.2. The normalized spacial score (nSPS) is 9.96. The summed E-state index contributed by atoms with van der Waals surface area (Å²) in [6.45, 7) is -0.0372. The molecule has 1 heterocycles. The Morgan fingerprint density at radius 3 is 2.74 bits per heavy atom. The Hall–Kier alpha value is -3.16. The summed E-state index contributed by atoms with van der Waals surface area (Å²) >= 11 is 0. The van der Waals surface area contributed by atoms with Crippen LogP contribution in [0.4, 0.5) is 5.69 Å². The molecule has 0 saturated heterocycles. The van der Waals surface area contributed by atoms with Crippen molar-refractivity contribution in [2.24, 2.45) is 0 Å². The van der Waals surface area contributed by atoms with Crippen molar-refractivity contribution >= 4 is 11.6 Å². The van der Waals surface area contributed by atoms with Gasteiger partial charge < -0.3 is 14.8 Å². The number of benzene rings is 1. The van der Waals surface area contributed by atoms with Crippen molar-refractivity contribution in [2.75, 3.05) is 13.7 Å². The number of hydrogen-bond acceptors (Lipinski definition) is 6. The molecule has 1 amide bonds. The fourth-order valence-corrected chi connectivity index (χ4v) is 1.76. The first-order chi connectivity index (χ1) is 11.1. The molecule has 0 spiro atoms. The molecular formula is C15H15N3O5. The average Bonchev–Trinajstić information content (AvgIpc) is 2.58. The Morgan fingerprint density at radius 1 is 1.30 bits per heavy atom. The van der Waals surface area contributed by atoms with Crippen LogP contribution in [0.5, 0.6) is 11.6 Å². The van der Waals surface area contributed by atoms with Crippen molar-refractivity contribution in [3.8, 4) is 11.6 Å². The molecule has 1 N–H and O–H groups in total. The molecule has 0 fully saturated rings. The van der Waals surface area contributed by atoms with Crippen LogP contribution in [-0.2, 0) is 11.3 Å². The molecule has 2 rings (SSSR count). The summed E-state index contributed by atoms with van der Waals surface area (Å²) in [5, 5.41) is 13.5. The largest absolute Gasteiger partial charge is 0.481 e. The zero-order chi connectivity index (χ0) is 16.7. The first-order valence-corrected chi connectivity index (χ1v) is 6.72. The van der Waals surface area contributed by atoms with E-state index in [9.17, 15) is 14.9 Å². The minimum Gasteiger partial charge on any atom is -0.481 e. The van der Waals surface area contributed by atoms with Crippen LogP contribution in [0.25, 0.3) is 0 Å². The standard InChI is InChI=1S/C15H15N3O5/c1-22-15-7-6-11(9-17-15)8-16-14(19)10-23-13-5-3-2-4-12(13)18(20)21/h2-7,9H,8,10H2,1H3,(H,16,19). The van der Waals surface area contributed by atoms with Gasteiger partial charge in [-0.1, -0.05) is 18.2 Å². The lowest BCUT2D eigenvalue weighted by atomic mass is 10.3. The number of nitro groups is 1. The van der Waals surface area contributed by atoms with Crippen LogP contribution in [0.1, 0.15) is 5.56 Å². The summed E-state index contributed by atoms with van der Waals surface area (Å²) in [6.07, 6.45) is 1.59. The number of ether oxygens (including phenoxy) is 2. The molecule has 0 bridgehead atoms. The number of amides is 1. The van der Waals surface area contributed by atoms with Crippen LogP contribution >= 0.6 is 0 Å². The van der Waals surface area contributed by atoms with Gasteiger partial charge in [-0.15, -0.1) is 0 Å². The lowest BCUT2D eigenvalue weighted by Crippen LogP contribution is -2.28. The van der Waals surface area contributed by atoms with E-state index in [2.05, 4.69) is 10.3 Å². The Labute approximate surface area is 132 Å². The maximum absolute atomic E-state index is 11.7. The molecule has 0 atom stereocenters. The highest BCUT2D eigenvalue weighted by atomic mass is 16.6. The minimum absolute atomic E-state index is 0.0544. The van der Waals surface area contributed by atoms with E-state index in [1.165, 1.54) is 25.3 Å². The summed E-state index contributed by atoms with van der Waals surface area (Å²) in [5.41, 5.74) is 0.615. The lowest BCUT2D eigenvalue weighted by molar-refractivity contribution is -0.385. The second-order valence-electron chi connectivity index (χ2n) is 4.50. The number of nitro benzene ring substituents is 1. The molecule has 0 aliphatic rings. The van der Waals surface area contributed by atoms with Gasteiger partial charge in [-0.2, -0.15) is 0 Å². The van der Waals surface area contributed by atoms with E-state index < -0.39 is 4.92 Å². The van der Waals surface area contributed by atoms with E-state index in [0.29, 0.717) is 5.88 Å². The maximum atomic E-state index is 11.7. The fraction of sp³-hybridized carbons (Fsp3) is 0.200. The Balaban J connectivity index is 1.84. The van der Waals surface area contributed by atoms with Crippen LogP contribution in [0, 0.1) is 10.1 Å². The summed E-state index contributed by atoms with van der Waals surface area (Å²) in [6, 6.07) is 9.35.